The molecule has 1 aromatic carbocycles. The van der Waals surface area contributed by atoms with Gasteiger partial charge in [0.2, 0.25) is 0 Å². The fourth-order valence-corrected chi connectivity index (χ4v) is 3.61. The number of benzene rings is 1. The molecule has 2 fully saturated rings. The Bertz CT molecular complexity index is 584. The minimum absolute atomic E-state index is 0.472. The van der Waals surface area contributed by atoms with Crippen LogP contribution in [0.3, 0.4) is 0 Å². The second kappa shape index (κ2) is 7.81. The standard InChI is InChI=1S/C18H26F2N4/c1-21-18(23-14-4-2-3-5-14)22-11-13-8-9-24(12-13)15-6-7-16(19)17(20)10-15/h6-7,10,13-14H,2-5,8-9,11-12H2,1H3,(H2,21,22,23). The van der Waals surface area contributed by atoms with Gasteiger partial charge in [-0.25, -0.2) is 8.78 Å². The highest BCUT2D eigenvalue weighted by Gasteiger charge is 2.24. The van der Waals surface area contributed by atoms with Gasteiger partial charge in [0, 0.05) is 44.5 Å². The Morgan fingerprint density at radius 2 is 2.00 bits per heavy atom. The van der Waals surface area contributed by atoms with Crippen molar-refractivity contribution in [3.63, 3.8) is 0 Å². The lowest BCUT2D eigenvalue weighted by Gasteiger charge is -2.20. The average molecular weight is 336 g/mol. The van der Waals surface area contributed by atoms with Gasteiger partial charge in [-0.3, -0.25) is 4.99 Å². The van der Waals surface area contributed by atoms with Gasteiger partial charge < -0.3 is 15.5 Å². The van der Waals surface area contributed by atoms with Crippen LogP contribution in [-0.2, 0) is 0 Å². The molecule has 0 spiro atoms. The lowest BCUT2D eigenvalue weighted by Crippen LogP contribution is -2.44. The number of guanidine groups is 1. The molecule has 1 saturated heterocycles. The van der Waals surface area contributed by atoms with E-state index in [9.17, 15) is 8.78 Å². The first kappa shape index (κ1) is 17.0. The molecule has 2 aliphatic rings. The van der Waals surface area contributed by atoms with E-state index in [1.54, 1.807) is 13.1 Å². The average Bonchev–Trinajstić information content (AvgIpc) is 3.25. The largest absolute Gasteiger partial charge is 0.371 e. The van der Waals surface area contributed by atoms with Crippen molar-refractivity contribution < 1.29 is 8.78 Å². The molecular weight excluding hydrogens is 310 g/mol. The summed E-state index contributed by atoms with van der Waals surface area (Å²) < 4.78 is 26.4. The number of hydrogen-bond acceptors (Lipinski definition) is 2. The van der Waals surface area contributed by atoms with Crippen LogP contribution >= 0.6 is 0 Å². The fraction of sp³-hybridized carbons (Fsp3) is 0.611. The molecule has 1 aliphatic carbocycles. The van der Waals surface area contributed by atoms with Crippen molar-refractivity contribution in [1.29, 1.82) is 0 Å². The third-order valence-corrected chi connectivity index (χ3v) is 5.03. The Kier molecular flexibility index (Phi) is 5.53. The van der Waals surface area contributed by atoms with E-state index in [-0.39, 0.29) is 0 Å². The second-order valence-electron chi connectivity index (χ2n) is 6.78. The monoisotopic (exact) mass is 336 g/mol. The van der Waals surface area contributed by atoms with Gasteiger partial charge in [-0.05, 0) is 37.3 Å². The third-order valence-electron chi connectivity index (χ3n) is 5.03. The summed E-state index contributed by atoms with van der Waals surface area (Å²) in [6.45, 7) is 2.55. The van der Waals surface area contributed by atoms with Gasteiger partial charge in [-0.1, -0.05) is 12.8 Å². The minimum atomic E-state index is -0.794. The number of hydrogen-bond donors (Lipinski definition) is 2. The van der Waals surface area contributed by atoms with Gasteiger partial charge in [0.1, 0.15) is 0 Å². The van der Waals surface area contributed by atoms with Gasteiger partial charge in [0.25, 0.3) is 0 Å². The maximum atomic E-state index is 13.4. The van der Waals surface area contributed by atoms with Crippen molar-refractivity contribution >= 4 is 11.6 Å². The molecule has 0 bridgehead atoms. The van der Waals surface area contributed by atoms with Gasteiger partial charge >= 0.3 is 0 Å². The molecule has 0 aromatic heterocycles. The van der Waals surface area contributed by atoms with E-state index in [0.29, 0.717) is 12.0 Å². The number of aliphatic imine (C=N–C) groups is 1. The number of nitrogens with zero attached hydrogens (tertiary/aromatic N) is 2. The number of anilines is 1. The maximum absolute atomic E-state index is 13.4. The number of rotatable bonds is 4. The molecule has 2 N–H and O–H groups in total. The molecule has 1 heterocycles. The molecule has 132 valence electrons. The van der Waals surface area contributed by atoms with Gasteiger partial charge in [-0.15, -0.1) is 0 Å². The molecule has 6 heteroatoms. The smallest absolute Gasteiger partial charge is 0.191 e. The van der Waals surface area contributed by atoms with Crippen LogP contribution in [0.15, 0.2) is 23.2 Å². The Balaban J connectivity index is 1.47. The summed E-state index contributed by atoms with van der Waals surface area (Å²) >= 11 is 0. The summed E-state index contributed by atoms with van der Waals surface area (Å²) in [6.07, 6.45) is 6.05. The first-order chi connectivity index (χ1) is 11.7. The van der Waals surface area contributed by atoms with Crippen LogP contribution in [0.1, 0.15) is 32.1 Å². The van der Waals surface area contributed by atoms with E-state index in [1.807, 2.05) is 0 Å². The van der Waals surface area contributed by atoms with E-state index in [2.05, 4.69) is 20.5 Å². The fourth-order valence-electron chi connectivity index (χ4n) is 3.61. The molecule has 24 heavy (non-hydrogen) atoms. The molecule has 0 amide bonds. The lowest BCUT2D eigenvalue weighted by atomic mass is 10.1. The second-order valence-corrected chi connectivity index (χ2v) is 6.78. The van der Waals surface area contributed by atoms with Gasteiger partial charge in [0.15, 0.2) is 17.6 Å². The van der Waals surface area contributed by atoms with Crippen molar-refractivity contribution in [2.45, 2.75) is 38.1 Å². The summed E-state index contributed by atoms with van der Waals surface area (Å²) in [5, 5.41) is 6.89. The summed E-state index contributed by atoms with van der Waals surface area (Å²) in [7, 11) is 1.80. The predicted octanol–water partition coefficient (Wildman–Crippen LogP) is 2.90. The summed E-state index contributed by atoms with van der Waals surface area (Å²) in [4.78, 5) is 6.41. The van der Waals surface area contributed by atoms with Gasteiger partial charge in [0.05, 0.1) is 0 Å². The topological polar surface area (TPSA) is 39.7 Å². The zero-order chi connectivity index (χ0) is 16.9. The van der Waals surface area contributed by atoms with Crippen molar-refractivity contribution in [2.75, 3.05) is 31.6 Å². The van der Waals surface area contributed by atoms with Crippen molar-refractivity contribution in [2.24, 2.45) is 10.9 Å². The van der Waals surface area contributed by atoms with Crippen LogP contribution in [-0.4, -0.2) is 38.7 Å². The quantitative estimate of drug-likeness (QED) is 0.656. The first-order valence-corrected chi connectivity index (χ1v) is 8.83. The van der Waals surface area contributed by atoms with Crippen molar-refractivity contribution in [1.82, 2.24) is 10.6 Å². The van der Waals surface area contributed by atoms with Crippen LogP contribution in [0.2, 0.25) is 0 Å². The van der Waals surface area contributed by atoms with E-state index in [4.69, 9.17) is 0 Å². The van der Waals surface area contributed by atoms with Crippen molar-refractivity contribution in [3.05, 3.63) is 29.8 Å². The molecule has 3 rings (SSSR count). The van der Waals surface area contributed by atoms with E-state index >= 15 is 0 Å². The van der Waals surface area contributed by atoms with Crippen molar-refractivity contribution in [3.8, 4) is 0 Å². The Morgan fingerprint density at radius 1 is 1.21 bits per heavy atom. The summed E-state index contributed by atoms with van der Waals surface area (Å²) in [6, 6.07) is 4.67. The zero-order valence-corrected chi connectivity index (χ0v) is 14.2. The Hall–Kier alpha value is -1.85. The highest BCUT2D eigenvalue weighted by atomic mass is 19.2. The van der Waals surface area contributed by atoms with Crippen LogP contribution in [0.5, 0.6) is 0 Å². The highest BCUT2D eigenvalue weighted by molar-refractivity contribution is 5.80. The number of nitrogens with one attached hydrogen (secondary N) is 2. The Morgan fingerprint density at radius 3 is 2.71 bits per heavy atom. The molecule has 1 atom stereocenters. The lowest BCUT2D eigenvalue weighted by molar-refractivity contribution is 0.508. The minimum Gasteiger partial charge on any atom is -0.371 e. The predicted molar refractivity (Wildman–Crippen MR) is 93.4 cm³/mol. The van der Waals surface area contributed by atoms with E-state index in [1.165, 1.54) is 37.8 Å². The zero-order valence-electron chi connectivity index (χ0n) is 14.2. The molecular formula is C18H26F2N4. The van der Waals surface area contributed by atoms with Crippen LogP contribution in [0, 0.1) is 17.6 Å². The molecule has 1 aliphatic heterocycles. The molecule has 1 unspecified atom stereocenters. The third kappa shape index (κ3) is 4.16. The Labute approximate surface area is 142 Å². The van der Waals surface area contributed by atoms with Crippen LogP contribution in [0.4, 0.5) is 14.5 Å². The molecule has 0 radical (unpaired) electrons. The molecule has 1 saturated carbocycles. The van der Waals surface area contributed by atoms with Gasteiger partial charge in [-0.2, -0.15) is 0 Å². The van der Waals surface area contributed by atoms with Crippen LogP contribution < -0.4 is 15.5 Å². The normalized spacial score (nSPS) is 22.2. The summed E-state index contributed by atoms with van der Waals surface area (Å²) in [5.41, 5.74) is 0.755. The van der Waals surface area contributed by atoms with E-state index in [0.717, 1.165) is 37.7 Å². The highest BCUT2D eigenvalue weighted by Crippen LogP contribution is 2.25. The first-order valence-electron chi connectivity index (χ1n) is 8.83. The summed E-state index contributed by atoms with van der Waals surface area (Å²) in [5.74, 6) is -0.235. The molecule has 4 nitrogen and oxygen atoms in total. The SMILES string of the molecule is CN=C(NCC1CCN(c2ccc(F)c(F)c2)C1)NC1CCCC1. The number of halogens is 2. The molecule has 1 aromatic rings. The van der Waals surface area contributed by atoms with Crippen LogP contribution in [0.25, 0.3) is 0 Å². The maximum Gasteiger partial charge on any atom is 0.191 e. The van der Waals surface area contributed by atoms with E-state index < -0.39 is 11.6 Å².